The Bertz CT molecular complexity index is 1110. The lowest BCUT2D eigenvalue weighted by atomic mass is 10.1. The summed E-state index contributed by atoms with van der Waals surface area (Å²) in [5.41, 5.74) is 2.62. The fourth-order valence-electron chi connectivity index (χ4n) is 2.77. The van der Waals surface area contributed by atoms with Gasteiger partial charge in [0, 0.05) is 34.7 Å². The van der Waals surface area contributed by atoms with Crippen molar-refractivity contribution in [3.05, 3.63) is 85.3 Å². The van der Waals surface area contributed by atoms with Gasteiger partial charge >= 0.3 is 0 Å². The Morgan fingerprint density at radius 3 is 1.44 bits per heavy atom. The molecule has 0 unspecified atom stereocenters. The first-order chi connectivity index (χ1) is 12.3. The molecule has 0 atom stereocenters. The third-order valence-electron chi connectivity index (χ3n) is 3.96. The number of benzene rings is 2. The smallest absolute Gasteiger partial charge is 0.141 e. The number of fused-ring (bicyclic) bond motifs is 4. The molecule has 0 amide bonds. The van der Waals surface area contributed by atoms with Gasteiger partial charge in [-0.1, -0.05) is 42.5 Å². The van der Waals surface area contributed by atoms with Crippen LogP contribution in [0.4, 0.5) is 0 Å². The molecular weight excluding hydrogens is 310 g/mol. The number of para-hydroxylation sites is 1. The van der Waals surface area contributed by atoms with Crippen LogP contribution in [0.25, 0.3) is 32.7 Å². The van der Waals surface area contributed by atoms with Crippen LogP contribution < -0.4 is 0 Å². The molecule has 4 nitrogen and oxygen atoms in total. The van der Waals surface area contributed by atoms with Crippen molar-refractivity contribution in [1.82, 2.24) is 15.0 Å². The van der Waals surface area contributed by atoms with Crippen molar-refractivity contribution in [3.8, 4) is 5.75 Å². The zero-order valence-electron chi connectivity index (χ0n) is 13.4. The molecule has 0 spiro atoms. The molecule has 0 aliphatic heterocycles. The van der Waals surface area contributed by atoms with E-state index in [1.807, 2.05) is 30.3 Å². The van der Waals surface area contributed by atoms with E-state index >= 15 is 0 Å². The summed E-state index contributed by atoms with van der Waals surface area (Å²) < 4.78 is 0. The molecule has 3 heterocycles. The number of phenols is 1. The number of phenolic OH excluding ortho intramolecular Hbond substituents is 1. The summed E-state index contributed by atoms with van der Waals surface area (Å²) in [5.74, 6) is 0.239. The minimum absolute atomic E-state index is 0.239. The second-order valence-electron chi connectivity index (χ2n) is 5.57. The molecule has 25 heavy (non-hydrogen) atoms. The molecule has 0 saturated carbocycles. The molecule has 0 bridgehead atoms. The number of aromatic hydroxyl groups is 1. The lowest BCUT2D eigenvalue weighted by molar-refractivity contribution is 0.480. The van der Waals surface area contributed by atoms with E-state index in [9.17, 15) is 5.11 Å². The van der Waals surface area contributed by atoms with Crippen LogP contribution in [0, 0.1) is 0 Å². The molecule has 1 N–H and O–H groups in total. The lowest BCUT2D eigenvalue weighted by Crippen LogP contribution is -1.83. The molecule has 0 saturated heterocycles. The first-order valence-electron chi connectivity index (χ1n) is 7.94. The normalized spacial score (nSPS) is 10.6. The molecule has 5 aromatic rings. The Morgan fingerprint density at radius 2 is 0.920 bits per heavy atom. The molecule has 0 fully saturated rings. The predicted octanol–water partition coefficient (Wildman–Crippen LogP) is 4.72. The Morgan fingerprint density at radius 1 is 0.480 bits per heavy atom. The van der Waals surface area contributed by atoms with E-state index in [1.165, 1.54) is 0 Å². The molecule has 120 valence electrons. The van der Waals surface area contributed by atoms with Gasteiger partial charge in [0.1, 0.15) is 11.3 Å². The van der Waals surface area contributed by atoms with Gasteiger partial charge in [0.15, 0.2) is 0 Å². The summed E-state index contributed by atoms with van der Waals surface area (Å²) in [6.45, 7) is 0. The average molecular weight is 325 g/mol. The molecular formula is C21H15N3O. The van der Waals surface area contributed by atoms with E-state index in [0.717, 1.165) is 27.2 Å². The highest BCUT2D eigenvalue weighted by molar-refractivity contribution is 6.02. The second-order valence-corrected chi connectivity index (χ2v) is 5.57. The summed E-state index contributed by atoms with van der Waals surface area (Å²) in [6.07, 6.45) is 5.27. The van der Waals surface area contributed by atoms with Crippen LogP contribution in [0.3, 0.4) is 0 Å². The van der Waals surface area contributed by atoms with Crippen molar-refractivity contribution in [2.24, 2.45) is 0 Å². The van der Waals surface area contributed by atoms with Gasteiger partial charge in [-0.2, -0.15) is 0 Å². The standard InChI is InChI=1S/C12H8N2.C9H7NO/c1-3-9-5-6-10-4-2-8-14-12(10)11(9)13-7-1;11-8-5-1-3-7-4-2-6-10-9(7)8/h1-8H;1-6,11H. The van der Waals surface area contributed by atoms with Crippen molar-refractivity contribution in [2.45, 2.75) is 0 Å². The topological polar surface area (TPSA) is 58.9 Å². The quantitative estimate of drug-likeness (QED) is 0.418. The molecule has 5 rings (SSSR count). The first-order valence-corrected chi connectivity index (χ1v) is 7.94. The van der Waals surface area contributed by atoms with Crippen molar-refractivity contribution in [2.75, 3.05) is 0 Å². The fourth-order valence-corrected chi connectivity index (χ4v) is 2.77. The first kappa shape index (κ1) is 15.0. The van der Waals surface area contributed by atoms with Crippen LogP contribution in [-0.4, -0.2) is 20.1 Å². The van der Waals surface area contributed by atoms with Gasteiger partial charge in [-0.25, -0.2) is 0 Å². The van der Waals surface area contributed by atoms with Gasteiger partial charge in [-0.05, 0) is 24.3 Å². The van der Waals surface area contributed by atoms with Crippen LogP contribution in [0.1, 0.15) is 0 Å². The van der Waals surface area contributed by atoms with Crippen molar-refractivity contribution < 1.29 is 5.11 Å². The largest absolute Gasteiger partial charge is 0.506 e. The van der Waals surface area contributed by atoms with Crippen LogP contribution in [0.2, 0.25) is 0 Å². The zero-order valence-corrected chi connectivity index (χ0v) is 13.4. The van der Waals surface area contributed by atoms with Crippen molar-refractivity contribution in [1.29, 1.82) is 0 Å². The molecule has 0 aliphatic rings. The Kier molecular flexibility index (Phi) is 3.92. The van der Waals surface area contributed by atoms with Gasteiger partial charge in [-0.3, -0.25) is 15.0 Å². The van der Waals surface area contributed by atoms with Crippen LogP contribution in [0.15, 0.2) is 85.3 Å². The second kappa shape index (κ2) is 6.53. The number of aromatic nitrogens is 3. The summed E-state index contributed by atoms with van der Waals surface area (Å²) in [7, 11) is 0. The van der Waals surface area contributed by atoms with E-state index in [1.54, 1.807) is 30.7 Å². The number of hydrogen-bond donors (Lipinski definition) is 1. The number of pyridine rings is 3. The molecule has 0 aliphatic carbocycles. The fraction of sp³-hybridized carbons (Fsp3) is 0. The van der Waals surface area contributed by atoms with Gasteiger partial charge in [-0.15, -0.1) is 0 Å². The Balaban J connectivity index is 0.000000129. The highest BCUT2D eigenvalue weighted by atomic mass is 16.3. The lowest BCUT2D eigenvalue weighted by Gasteiger charge is -2.00. The van der Waals surface area contributed by atoms with E-state index in [-0.39, 0.29) is 5.75 Å². The zero-order chi connectivity index (χ0) is 17.1. The molecule has 4 heteroatoms. The summed E-state index contributed by atoms with van der Waals surface area (Å²) in [6, 6.07) is 21.3. The Hall–Kier alpha value is -3.53. The van der Waals surface area contributed by atoms with Crippen molar-refractivity contribution >= 4 is 32.7 Å². The van der Waals surface area contributed by atoms with E-state index in [2.05, 4.69) is 39.2 Å². The summed E-state index contributed by atoms with van der Waals surface area (Å²) in [4.78, 5) is 12.7. The van der Waals surface area contributed by atoms with Crippen LogP contribution in [-0.2, 0) is 0 Å². The number of nitrogens with zero attached hydrogens (tertiary/aromatic N) is 3. The maximum atomic E-state index is 9.31. The van der Waals surface area contributed by atoms with Gasteiger partial charge in [0.2, 0.25) is 0 Å². The molecule has 2 aromatic carbocycles. The SMILES string of the molecule is Oc1cccc2cccnc12.c1cnc2c(c1)ccc1cccnc12. The number of hydrogen-bond acceptors (Lipinski definition) is 4. The molecule has 0 radical (unpaired) electrons. The maximum absolute atomic E-state index is 9.31. The van der Waals surface area contributed by atoms with Gasteiger partial charge in [0.05, 0.1) is 11.0 Å². The van der Waals surface area contributed by atoms with Gasteiger partial charge < -0.3 is 5.11 Å². The minimum atomic E-state index is 0.239. The van der Waals surface area contributed by atoms with Gasteiger partial charge in [0.25, 0.3) is 0 Å². The van der Waals surface area contributed by atoms with E-state index in [4.69, 9.17) is 0 Å². The predicted molar refractivity (Wildman–Crippen MR) is 100 cm³/mol. The molecule has 3 aromatic heterocycles. The van der Waals surface area contributed by atoms with E-state index in [0.29, 0.717) is 5.52 Å². The van der Waals surface area contributed by atoms with E-state index < -0.39 is 0 Å². The number of rotatable bonds is 0. The summed E-state index contributed by atoms with van der Waals surface area (Å²) in [5, 5.41) is 12.5. The summed E-state index contributed by atoms with van der Waals surface area (Å²) >= 11 is 0. The average Bonchev–Trinajstić information content (AvgIpc) is 2.69. The Labute approximate surface area is 144 Å². The van der Waals surface area contributed by atoms with Crippen molar-refractivity contribution in [3.63, 3.8) is 0 Å². The third-order valence-corrected chi connectivity index (χ3v) is 3.96. The van der Waals surface area contributed by atoms with Crippen LogP contribution >= 0.6 is 0 Å². The van der Waals surface area contributed by atoms with Crippen LogP contribution in [0.5, 0.6) is 5.75 Å². The highest BCUT2D eigenvalue weighted by Gasteiger charge is 2.00. The maximum Gasteiger partial charge on any atom is 0.141 e. The monoisotopic (exact) mass is 325 g/mol. The minimum Gasteiger partial charge on any atom is -0.506 e. The highest BCUT2D eigenvalue weighted by Crippen LogP contribution is 2.21. The third kappa shape index (κ3) is 2.97.